The molecular weight excluding hydrogens is 1940 g/mol. The molecule has 17 aromatic rings. The van der Waals surface area contributed by atoms with Crippen LogP contribution in [0, 0.1) is 11.6 Å². The maximum absolute atomic E-state index is 13.2. The van der Waals surface area contributed by atoms with Crippen LogP contribution in [-0.2, 0) is 32.2 Å². The van der Waals surface area contributed by atoms with Gasteiger partial charge in [-0.2, -0.15) is 26.3 Å². The van der Waals surface area contributed by atoms with Crippen molar-refractivity contribution in [2.45, 2.75) is 80.0 Å². The number of Topliss-reactive ketones (excluding diaryl/α,β-unsaturated/α-hetero) is 1. The lowest BCUT2D eigenvalue weighted by Crippen LogP contribution is -2.29. The number of hydrogen-bond acceptors (Lipinski definition) is 31. The Morgan fingerprint density at radius 2 is 0.788 bits per heavy atom. The maximum Gasteiger partial charge on any atom is 0.488 e. The van der Waals surface area contributed by atoms with Crippen molar-refractivity contribution in [3.05, 3.63) is 254 Å². The van der Waals surface area contributed by atoms with Gasteiger partial charge in [0.05, 0.1) is 34.1 Å². The number of amides is 3. The third-order valence-corrected chi connectivity index (χ3v) is 21.2. The number of nitrogens with one attached hydrogen (secondary N) is 1. The summed E-state index contributed by atoms with van der Waals surface area (Å²) in [6, 6.07) is 51.6. The van der Waals surface area contributed by atoms with Crippen LogP contribution in [0.4, 0.5) is 69.2 Å². The third-order valence-electron chi connectivity index (χ3n) is 20.2. The second-order valence-corrected chi connectivity index (χ2v) is 31.4. The molecule has 0 aliphatic rings. The fraction of sp³-hybridized carbons (Fsp3) is 0.207. The van der Waals surface area contributed by atoms with Gasteiger partial charge in [-0.05, 0) is 243 Å². The van der Waals surface area contributed by atoms with Crippen molar-refractivity contribution in [2.24, 2.45) is 0 Å². The highest BCUT2D eigenvalue weighted by Gasteiger charge is 2.43. The van der Waals surface area contributed by atoms with Gasteiger partial charge in [0, 0.05) is 112 Å². The molecule has 3 N–H and O–H groups in total. The molecule has 1 unspecified atom stereocenters. The predicted molar refractivity (Wildman–Crippen MR) is 498 cm³/mol. The number of benzene rings is 11. The van der Waals surface area contributed by atoms with E-state index in [2.05, 4.69) is 122 Å². The molecule has 0 radical (unpaired) electrons. The van der Waals surface area contributed by atoms with E-state index < -0.39 is 42.7 Å². The van der Waals surface area contributed by atoms with Crippen LogP contribution in [0.15, 0.2) is 231 Å². The van der Waals surface area contributed by atoms with Crippen LogP contribution in [0.25, 0.3) is 88.5 Å². The molecule has 0 aliphatic heterocycles. The van der Waals surface area contributed by atoms with Crippen LogP contribution in [-0.4, -0.2) is 181 Å². The molecule has 3 amide bonds. The van der Waals surface area contributed by atoms with Gasteiger partial charge in [-0.1, -0.05) is 117 Å². The second-order valence-electron chi connectivity index (χ2n) is 29.6. The minimum atomic E-state index is -5.00. The summed E-state index contributed by atoms with van der Waals surface area (Å²) in [5.74, 6) is -2.95. The molecule has 708 valence electrons. The average Bonchev–Trinajstić information content (AvgIpc) is 1.72. The van der Waals surface area contributed by atoms with E-state index in [1.54, 1.807) is 105 Å². The molecule has 45 heteroatoms. The van der Waals surface area contributed by atoms with Crippen molar-refractivity contribution < 1.29 is 111 Å². The van der Waals surface area contributed by atoms with Gasteiger partial charge in [0.1, 0.15) is 63.6 Å². The van der Waals surface area contributed by atoms with E-state index in [0.29, 0.717) is 116 Å². The molecular formula is C92H81BBr2F8N18O16. The Hall–Kier alpha value is -15.3. The maximum atomic E-state index is 13.2. The highest BCUT2D eigenvalue weighted by Crippen LogP contribution is 2.41. The molecule has 34 nitrogen and oxygen atoms in total. The first-order valence-corrected chi connectivity index (χ1v) is 42.7. The summed E-state index contributed by atoms with van der Waals surface area (Å²) in [5.41, 5.74) is 15.5. The zero-order chi connectivity index (χ0) is 99.1. The number of nitrogens with zero attached hydrogens (tertiary/aromatic N) is 17. The van der Waals surface area contributed by atoms with Crippen LogP contribution in [0.2, 0.25) is 0 Å². The number of halogens is 10. The molecule has 0 spiro atoms. The Balaban J connectivity index is 0.000000156. The Morgan fingerprint density at radius 1 is 0.431 bits per heavy atom. The number of hydrogen-bond donors (Lipinski definition) is 3. The van der Waals surface area contributed by atoms with Gasteiger partial charge < -0.3 is 44.6 Å². The van der Waals surface area contributed by atoms with E-state index in [1.807, 2.05) is 94.4 Å². The Kier molecular flexibility index (Phi) is 34.7. The van der Waals surface area contributed by atoms with E-state index in [4.69, 9.17) is 19.3 Å². The predicted octanol–water partition coefficient (Wildman–Crippen LogP) is 18.1. The first kappa shape index (κ1) is 102. The number of fused-ring (bicyclic) bond motifs is 6. The van der Waals surface area contributed by atoms with Crippen LogP contribution in [0.3, 0.4) is 0 Å². The highest BCUT2D eigenvalue weighted by atomic mass is 79.9. The topological polar surface area (TPSA) is 431 Å². The van der Waals surface area contributed by atoms with E-state index in [1.165, 1.54) is 69.3 Å². The normalized spacial score (nSPS) is 11.2. The number of aldehydes is 3. The zero-order valence-corrected chi connectivity index (χ0v) is 77.3. The van der Waals surface area contributed by atoms with E-state index in [-0.39, 0.29) is 57.9 Å². The highest BCUT2D eigenvalue weighted by molar-refractivity contribution is 9.10. The largest absolute Gasteiger partial charge is 0.488 e. The van der Waals surface area contributed by atoms with Gasteiger partial charge in [-0.3, -0.25) is 33.6 Å². The van der Waals surface area contributed by atoms with Gasteiger partial charge in [0.2, 0.25) is 17.7 Å². The number of anilines is 6. The lowest BCUT2D eigenvalue weighted by Gasteiger charge is -2.23. The summed E-state index contributed by atoms with van der Waals surface area (Å²) in [5, 5.41) is 65.9. The minimum Gasteiger partial charge on any atom is -0.423 e. The fourth-order valence-electron chi connectivity index (χ4n) is 13.9. The first-order valence-electron chi connectivity index (χ1n) is 41.1. The standard InChI is InChI=1S/C17H15F4N3O2.2C17H15N3O3.C16H11F4N3O2.C10H10BrN3O2.C8H8BrN3O.C7H7BO3/c1-24(9-10-3-5-12(18)6-4-10)14-8-11(16(25-2)17(19,20)21)7-13-15(14)23-26-22-13;2*1-3-20(11(2)22)16-9-14(8-15-17(16)19-23-18-15)13-6-4-5-12(7-13)10-21;1-23(8-9-2-4-11(17)5-3-9)13-7-10(15(24)16(18,19)20)6-12-14(13)22-25-21-12;1-3-14(6(2)15)9-5-7(11)4-8-10(9)13-16-12-8;1-2-10-6-3-5(9)4-7-8(6)12-13-11-7;9-5-6-2-1-3-7(4-6)8(10)11/h3-8,16H,9H2,1-2H3;2*4-10H,3H2,1-2H3;2-7H,8H2,1H3;4-5H,3H2,1-2H3;3-4,10H,2H2,1H3;1-5,10-11H. The van der Waals surface area contributed by atoms with Gasteiger partial charge in [0.25, 0.3) is 5.78 Å². The summed E-state index contributed by atoms with van der Waals surface area (Å²) in [4.78, 5) is 87.1. The average molecular weight is 2020 g/mol. The third kappa shape index (κ3) is 26.0. The number of carbonyl (C=O) groups excluding carboxylic acids is 7. The molecule has 0 saturated heterocycles. The zero-order valence-electron chi connectivity index (χ0n) is 74.1. The summed E-state index contributed by atoms with van der Waals surface area (Å²) in [7, 11) is 2.78. The number of methoxy groups -OCH3 is 1. The van der Waals surface area contributed by atoms with Crippen LogP contribution >= 0.6 is 31.9 Å². The SMILES string of the molecule is CCN(C(C)=O)c1cc(-c2cccc(C=O)c2)cc2nonc12.CCN(C(C)=O)c1cc(-c2cccc(C=O)c2)cc2nonc12.CCN(C(C)=O)c1cc(Br)cc2nonc12.CCNc1cc(Br)cc2nonc12.CN(Cc1ccc(F)cc1)c1cc(C(=O)C(F)(F)F)cc2nonc12.COC(c1cc(N(C)Cc2ccc(F)cc2)c2nonc2c1)C(F)(F)F.O=Cc1cccc(B(O)O)c1. The van der Waals surface area contributed by atoms with Crippen molar-refractivity contribution in [2.75, 3.05) is 77.2 Å². The number of carbonyl (C=O) groups is 7. The molecule has 6 heterocycles. The summed E-state index contributed by atoms with van der Waals surface area (Å²) < 4.78 is 138. The van der Waals surface area contributed by atoms with E-state index in [9.17, 15) is 68.7 Å². The smallest absolute Gasteiger partial charge is 0.423 e. The number of alkyl halides is 6. The van der Waals surface area contributed by atoms with Crippen molar-refractivity contribution >= 4 is 187 Å². The molecule has 1 atom stereocenters. The van der Waals surface area contributed by atoms with Crippen molar-refractivity contribution in [3.63, 3.8) is 0 Å². The molecule has 0 aliphatic carbocycles. The van der Waals surface area contributed by atoms with Crippen LogP contribution < -0.4 is 35.3 Å². The van der Waals surface area contributed by atoms with Gasteiger partial charge in [0.15, 0.2) is 39.2 Å². The van der Waals surface area contributed by atoms with Crippen LogP contribution in [0.1, 0.15) is 113 Å². The number of ether oxygens (including phenoxy) is 1. The molecule has 137 heavy (non-hydrogen) atoms. The first-order chi connectivity index (χ1) is 65.5. The second kappa shape index (κ2) is 46.5. The molecule has 0 bridgehead atoms. The molecule has 11 aromatic carbocycles. The van der Waals surface area contributed by atoms with E-state index in [0.717, 1.165) is 97.4 Å². The van der Waals surface area contributed by atoms with Crippen molar-refractivity contribution in [1.82, 2.24) is 61.9 Å². The number of aromatic nitrogens is 12. The fourth-order valence-corrected chi connectivity index (χ4v) is 14.8. The Bertz CT molecular complexity index is 6960. The summed E-state index contributed by atoms with van der Waals surface area (Å²) in [6.45, 7) is 15.3. The van der Waals surface area contributed by atoms with E-state index >= 15 is 0 Å². The monoisotopic (exact) mass is 2010 g/mol. The quantitative estimate of drug-likeness (QED) is 0.0232. The van der Waals surface area contributed by atoms with Gasteiger partial charge in [-0.15, -0.1) is 0 Å². The lowest BCUT2D eigenvalue weighted by atomic mass is 9.80. The van der Waals surface area contributed by atoms with Crippen molar-refractivity contribution in [3.8, 4) is 22.3 Å². The molecule has 0 saturated carbocycles. The minimum absolute atomic E-state index is 0.0371. The molecule has 6 aromatic heterocycles. The Labute approximate surface area is 789 Å². The number of ketones is 1. The lowest BCUT2D eigenvalue weighted by molar-refractivity contribution is -0.215. The molecule has 17 rings (SSSR count). The summed E-state index contributed by atoms with van der Waals surface area (Å²) in [6.07, 6.45) is -9.42. The van der Waals surface area contributed by atoms with Crippen molar-refractivity contribution in [1.29, 1.82) is 0 Å². The van der Waals surface area contributed by atoms with Crippen LogP contribution in [0.5, 0.6) is 0 Å². The summed E-state index contributed by atoms with van der Waals surface area (Å²) >= 11 is 6.76. The molecule has 0 fully saturated rings. The number of rotatable bonds is 23. The Morgan fingerprint density at radius 3 is 1.17 bits per heavy atom. The van der Waals surface area contributed by atoms with Gasteiger partial charge >= 0.3 is 19.5 Å². The van der Waals surface area contributed by atoms with Gasteiger partial charge in [-0.25, -0.2) is 36.6 Å².